The summed E-state index contributed by atoms with van der Waals surface area (Å²) < 4.78 is 0. The molecule has 1 nitrogen and oxygen atoms in total. The van der Waals surface area contributed by atoms with Crippen molar-refractivity contribution in [1.29, 1.82) is 0 Å². The molecule has 0 bridgehead atoms. The monoisotopic (exact) mass is 203 g/mol. The predicted octanol–water partition coefficient (Wildman–Crippen LogP) is 3.45. The van der Waals surface area contributed by atoms with Gasteiger partial charge in [-0.1, -0.05) is 38.1 Å². The van der Waals surface area contributed by atoms with Crippen LogP contribution in [0.15, 0.2) is 24.3 Å². The van der Waals surface area contributed by atoms with Gasteiger partial charge in [0, 0.05) is 6.04 Å². The van der Waals surface area contributed by atoms with Crippen molar-refractivity contribution in [2.75, 3.05) is 6.54 Å². The molecule has 1 atom stereocenters. The van der Waals surface area contributed by atoms with E-state index in [0.717, 1.165) is 6.54 Å². The molecule has 0 amide bonds. The van der Waals surface area contributed by atoms with Gasteiger partial charge in [0.25, 0.3) is 0 Å². The summed E-state index contributed by atoms with van der Waals surface area (Å²) >= 11 is 0. The Hall–Kier alpha value is -0.820. The molecule has 0 heterocycles. The van der Waals surface area contributed by atoms with E-state index in [2.05, 4.69) is 50.4 Å². The van der Waals surface area contributed by atoms with Crippen LogP contribution in [0.1, 0.15) is 43.9 Å². The van der Waals surface area contributed by atoms with E-state index >= 15 is 0 Å². The highest BCUT2D eigenvalue weighted by atomic mass is 14.9. The summed E-state index contributed by atoms with van der Waals surface area (Å²) in [6.07, 6.45) is 2.72. The topological polar surface area (TPSA) is 12.0 Å². The molecule has 0 spiro atoms. The highest BCUT2D eigenvalue weighted by molar-refractivity contribution is 5.31. The Morgan fingerprint density at radius 2 is 2.00 bits per heavy atom. The minimum atomic E-state index is 0.502. The van der Waals surface area contributed by atoms with Gasteiger partial charge in [0.1, 0.15) is 0 Å². The third-order valence-electron chi connectivity index (χ3n) is 3.64. The Morgan fingerprint density at radius 3 is 2.53 bits per heavy atom. The van der Waals surface area contributed by atoms with Gasteiger partial charge < -0.3 is 5.32 Å². The lowest BCUT2D eigenvalue weighted by molar-refractivity contribution is 0.372. The van der Waals surface area contributed by atoms with Gasteiger partial charge >= 0.3 is 0 Å². The van der Waals surface area contributed by atoms with Crippen LogP contribution in [0.25, 0.3) is 0 Å². The Kier molecular flexibility index (Phi) is 2.83. The first-order valence-corrected chi connectivity index (χ1v) is 5.96. The normalized spacial score (nSPS) is 19.9. The lowest BCUT2D eigenvalue weighted by Gasteiger charge is -2.26. The molecule has 1 aliphatic rings. The van der Waals surface area contributed by atoms with E-state index in [4.69, 9.17) is 0 Å². The van der Waals surface area contributed by atoms with Crippen LogP contribution in [0, 0.1) is 12.3 Å². The summed E-state index contributed by atoms with van der Waals surface area (Å²) in [5, 5.41) is 3.64. The molecule has 0 aliphatic heterocycles. The Labute approximate surface area is 92.9 Å². The van der Waals surface area contributed by atoms with E-state index in [-0.39, 0.29) is 0 Å². The first-order chi connectivity index (χ1) is 7.17. The standard InChI is InChI=1S/C14H21N/c1-4-15-13(14(3)9-10-14)12-8-6-5-7-11(12)2/h5-8,13,15H,4,9-10H2,1-3H3. The van der Waals surface area contributed by atoms with Gasteiger partial charge in [-0.05, 0) is 42.9 Å². The molecule has 1 aromatic carbocycles. The largest absolute Gasteiger partial charge is 0.310 e. The lowest BCUT2D eigenvalue weighted by atomic mass is 9.89. The van der Waals surface area contributed by atoms with Gasteiger partial charge in [-0.3, -0.25) is 0 Å². The third kappa shape index (κ3) is 2.07. The van der Waals surface area contributed by atoms with E-state index in [9.17, 15) is 0 Å². The second kappa shape index (κ2) is 3.97. The zero-order valence-corrected chi connectivity index (χ0v) is 10.0. The summed E-state index contributed by atoms with van der Waals surface area (Å²) in [5.41, 5.74) is 3.40. The fourth-order valence-corrected chi connectivity index (χ4v) is 2.33. The van der Waals surface area contributed by atoms with Gasteiger partial charge in [0.15, 0.2) is 0 Å². The zero-order chi connectivity index (χ0) is 10.9. The molecule has 15 heavy (non-hydrogen) atoms. The van der Waals surface area contributed by atoms with Gasteiger partial charge in [-0.2, -0.15) is 0 Å². The first-order valence-electron chi connectivity index (χ1n) is 5.96. The van der Waals surface area contributed by atoms with Gasteiger partial charge in [-0.15, -0.1) is 0 Å². The smallest absolute Gasteiger partial charge is 0.0377 e. The molecule has 0 saturated heterocycles. The minimum Gasteiger partial charge on any atom is -0.310 e. The van der Waals surface area contributed by atoms with Crippen LogP contribution in [0.4, 0.5) is 0 Å². The van der Waals surface area contributed by atoms with E-state index in [1.165, 1.54) is 24.0 Å². The summed E-state index contributed by atoms with van der Waals surface area (Å²) in [6, 6.07) is 9.30. The SMILES string of the molecule is CCNC(c1ccccc1C)C1(C)CC1. The fourth-order valence-electron chi connectivity index (χ4n) is 2.33. The van der Waals surface area contributed by atoms with E-state index in [1.807, 2.05) is 0 Å². The van der Waals surface area contributed by atoms with Crippen molar-refractivity contribution >= 4 is 0 Å². The van der Waals surface area contributed by atoms with Crippen LogP contribution in [0.3, 0.4) is 0 Å². The maximum Gasteiger partial charge on any atom is 0.0377 e. The molecule has 1 heteroatoms. The quantitative estimate of drug-likeness (QED) is 0.790. The van der Waals surface area contributed by atoms with Crippen LogP contribution in [-0.4, -0.2) is 6.54 Å². The van der Waals surface area contributed by atoms with Crippen LogP contribution >= 0.6 is 0 Å². The highest BCUT2D eigenvalue weighted by Crippen LogP contribution is 2.54. The van der Waals surface area contributed by atoms with Crippen molar-refractivity contribution < 1.29 is 0 Å². The maximum atomic E-state index is 3.64. The molecular formula is C14H21N. The molecule has 1 unspecified atom stereocenters. The summed E-state index contributed by atoms with van der Waals surface area (Å²) in [5.74, 6) is 0. The summed E-state index contributed by atoms with van der Waals surface area (Å²) in [4.78, 5) is 0. The van der Waals surface area contributed by atoms with E-state index in [1.54, 1.807) is 0 Å². The number of hydrogen-bond donors (Lipinski definition) is 1. The Bertz CT molecular complexity index is 339. The van der Waals surface area contributed by atoms with Crippen LogP contribution < -0.4 is 5.32 Å². The average molecular weight is 203 g/mol. The van der Waals surface area contributed by atoms with Crippen molar-refractivity contribution in [3.8, 4) is 0 Å². The van der Waals surface area contributed by atoms with E-state index in [0.29, 0.717) is 11.5 Å². The highest BCUT2D eigenvalue weighted by Gasteiger charge is 2.45. The van der Waals surface area contributed by atoms with Crippen molar-refractivity contribution in [2.45, 2.75) is 39.7 Å². The van der Waals surface area contributed by atoms with Crippen LogP contribution in [0.5, 0.6) is 0 Å². The van der Waals surface area contributed by atoms with E-state index < -0.39 is 0 Å². The van der Waals surface area contributed by atoms with Crippen molar-refractivity contribution in [2.24, 2.45) is 5.41 Å². The Balaban J connectivity index is 2.28. The van der Waals surface area contributed by atoms with Crippen molar-refractivity contribution in [3.05, 3.63) is 35.4 Å². The van der Waals surface area contributed by atoms with Crippen LogP contribution in [-0.2, 0) is 0 Å². The second-order valence-electron chi connectivity index (χ2n) is 5.00. The molecule has 1 aliphatic carbocycles. The first kappa shape index (κ1) is 10.7. The molecule has 2 rings (SSSR count). The molecule has 1 N–H and O–H groups in total. The van der Waals surface area contributed by atoms with Crippen LogP contribution in [0.2, 0.25) is 0 Å². The van der Waals surface area contributed by atoms with Gasteiger partial charge in [0.2, 0.25) is 0 Å². The molecule has 1 fully saturated rings. The zero-order valence-electron chi connectivity index (χ0n) is 10.0. The molecule has 1 aromatic rings. The fraction of sp³-hybridized carbons (Fsp3) is 0.571. The second-order valence-corrected chi connectivity index (χ2v) is 5.00. The number of nitrogens with one attached hydrogen (secondary N) is 1. The molecule has 82 valence electrons. The number of rotatable bonds is 4. The molecule has 0 aromatic heterocycles. The van der Waals surface area contributed by atoms with Gasteiger partial charge in [0.05, 0.1) is 0 Å². The van der Waals surface area contributed by atoms with Crippen molar-refractivity contribution in [3.63, 3.8) is 0 Å². The predicted molar refractivity (Wildman–Crippen MR) is 64.9 cm³/mol. The average Bonchev–Trinajstić information content (AvgIpc) is 2.95. The summed E-state index contributed by atoms with van der Waals surface area (Å²) in [7, 11) is 0. The summed E-state index contributed by atoms with van der Waals surface area (Å²) in [6.45, 7) is 7.85. The number of aryl methyl sites for hydroxylation is 1. The third-order valence-corrected chi connectivity index (χ3v) is 3.64. The minimum absolute atomic E-state index is 0.502. The lowest BCUT2D eigenvalue weighted by Crippen LogP contribution is -2.28. The Morgan fingerprint density at radius 1 is 1.33 bits per heavy atom. The molecular weight excluding hydrogens is 182 g/mol. The number of benzene rings is 1. The number of hydrogen-bond acceptors (Lipinski definition) is 1. The molecule has 1 saturated carbocycles. The maximum absolute atomic E-state index is 3.64. The van der Waals surface area contributed by atoms with Crippen molar-refractivity contribution in [1.82, 2.24) is 5.32 Å². The van der Waals surface area contributed by atoms with Gasteiger partial charge in [-0.25, -0.2) is 0 Å². The molecule has 0 radical (unpaired) electrons.